The fourth-order valence-corrected chi connectivity index (χ4v) is 20.3. The molecule has 0 aromatic heterocycles. The first kappa shape index (κ1) is 82.3. The molecule has 12 aliphatic rings. The Hall–Kier alpha value is -2.15. The second-order valence-corrected chi connectivity index (χ2v) is 33.4. The van der Waals surface area contributed by atoms with Gasteiger partial charge in [0.2, 0.25) is 6.29 Å². The molecule has 0 aromatic rings. The van der Waals surface area contributed by atoms with Crippen molar-refractivity contribution in [2.45, 2.75) is 322 Å². The number of ether oxygens (including phenoxy) is 14. The van der Waals surface area contributed by atoms with Gasteiger partial charge >= 0.3 is 5.97 Å². The zero-order valence-electron chi connectivity index (χ0n) is 59.9. The van der Waals surface area contributed by atoms with E-state index in [0.29, 0.717) is 32.1 Å². The zero-order chi connectivity index (χ0) is 76.6. The summed E-state index contributed by atoms with van der Waals surface area (Å²) in [6.45, 7) is 11.3. The molecule has 43 atom stereocenters. The van der Waals surface area contributed by atoms with E-state index in [4.69, 9.17) is 66.3 Å². The summed E-state index contributed by atoms with van der Waals surface area (Å²) in [6, 6.07) is 0. The van der Waals surface area contributed by atoms with Crippen molar-refractivity contribution in [3.8, 4) is 0 Å². The lowest BCUT2D eigenvalue weighted by Crippen LogP contribution is -2.71. The molecule has 11 fully saturated rings. The lowest BCUT2D eigenvalue weighted by Gasteiger charge is -2.72. The van der Waals surface area contributed by atoms with Gasteiger partial charge in [0, 0.05) is 5.41 Å². The quantitative estimate of drug-likeness (QED) is 0.0365. The van der Waals surface area contributed by atoms with Crippen LogP contribution in [0, 0.1) is 50.2 Å². The van der Waals surface area contributed by atoms with Gasteiger partial charge in [-0.25, -0.2) is 0 Å². The van der Waals surface area contributed by atoms with E-state index in [1.807, 2.05) is 0 Å². The van der Waals surface area contributed by atoms with Gasteiger partial charge in [0.25, 0.3) is 0 Å². The third kappa shape index (κ3) is 14.2. The highest BCUT2D eigenvalue weighted by Crippen LogP contribution is 2.76. The highest BCUT2D eigenvalue weighted by atomic mass is 16.8. The number of hydrogen-bond donors (Lipinski definition) is 21. The molecule has 12 rings (SSSR count). The van der Waals surface area contributed by atoms with Crippen LogP contribution in [-0.4, -0.2) is 368 Å². The number of carbonyl (C=O) groups is 1. The molecule has 0 aromatic carbocycles. The maximum atomic E-state index is 15.6. The van der Waals surface area contributed by atoms with Crippen LogP contribution in [-0.2, 0) is 71.1 Å². The van der Waals surface area contributed by atoms with E-state index in [1.54, 1.807) is 6.92 Å². The first-order chi connectivity index (χ1) is 49.3. The molecule has 7 heterocycles. The number of hydrogen-bond acceptors (Lipinski definition) is 36. The average molecular weight is 1520 g/mol. The SMILES string of the molecule is C[C@@H]1O[C@@H](O[C@@H]2[C@@H](O)[C@H](O[C@@H]3[C@@H](O)[C@@H](O)[C@H](O[C@H]4[C@H](OC(=O)[C@]56CCC(C)(C)C[C@H]5C5=CC[C@H]7[C@@]8(C)C[C@H](O)[C@H](O[C@@H]9O[C@H](CO)[C@@H](O)[C@H](O[C@@H]%10OC[C@@H](O)[C@H](O)[C@H]%10O)[C@H]9O)[C@@](C)(CO)[C@H]8CC[C@@]7(C)[C@]5(C)C[C@H]6O)OC[C@H](O)[C@@H]4O)O[C@H]3C)OC[C@H]2O)[C@H](O[C@@H]2O[C@H](CO)[C@@H](O)[C@H](O)[C@H]2O)[C@H](O)[C@H]1O. The van der Waals surface area contributed by atoms with Gasteiger partial charge in [-0.2, -0.15) is 0 Å². The van der Waals surface area contributed by atoms with Crippen molar-refractivity contribution in [2.75, 3.05) is 39.6 Å². The Kier molecular flexibility index (Phi) is 24.3. The van der Waals surface area contributed by atoms with Crippen LogP contribution in [0.3, 0.4) is 0 Å². The number of allylic oxidation sites excluding steroid dienone is 2. The maximum absolute atomic E-state index is 15.6. The fraction of sp³-hybridized carbons (Fsp3) is 0.957. The van der Waals surface area contributed by atoms with Crippen molar-refractivity contribution >= 4 is 5.97 Å². The Bertz CT molecular complexity index is 2990. The first-order valence-electron chi connectivity index (χ1n) is 36.7. The van der Waals surface area contributed by atoms with Crippen LogP contribution in [0.1, 0.15) is 107 Å². The van der Waals surface area contributed by atoms with E-state index in [-0.39, 0.29) is 36.5 Å². The Morgan fingerprint density at radius 2 is 0.962 bits per heavy atom. The molecule has 7 saturated heterocycles. The molecule has 21 N–H and O–H groups in total. The minimum absolute atomic E-state index is 0.0586. The van der Waals surface area contributed by atoms with E-state index >= 15 is 4.79 Å². The highest BCUT2D eigenvalue weighted by Gasteiger charge is 2.74. The summed E-state index contributed by atoms with van der Waals surface area (Å²) in [7, 11) is 0. The Balaban J connectivity index is 0.730. The third-order valence-corrected chi connectivity index (χ3v) is 26.6. The van der Waals surface area contributed by atoms with Crippen molar-refractivity contribution < 1.29 is 178 Å². The minimum Gasteiger partial charge on any atom is -0.432 e. The number of rotatable bonds is 17. The van der Waals surface area contributed by atoms with Gasteiger partial charge in [0.05, 0.1) is 70.2 Å². The Morgan fingerprint density at radius 3 is 1.61 bits per heavy atom. The zero-order valence-corrected chi connectivity index (χ0v) is 59.9. The summed E-state index contributed by atoms with van der Waals surface area (Å²) in [5.74, 6) is -2.16. The van der Waals surface area contributed by atoms with Gasteiger partial charge in [0.15, 0.2) is 43.8 Å². The van der Waals surface area contributed by atoms with E-state index in [1.165, 1.54) is 13.8 Å². The second-order valence-electron chi connectivity index (χ2n) is 33.4. The van der Waals surface area contributed by atoms with Crippen molar-refractivity contribution in [1.82, 2.24) is 0 Å². The Morgan fingerprint density at radius 1 is 0.448 bits per heavy atom. The summed E-state index contributed by atoms with van der Waals surface area (Å²) < 4.78 is 82.8. The molecule has 0 unspecified atom stereocenters. The first-order valence-corrected chi connectivity index (χ1v) is 36.7. The number of fused-ring (bicyclic) bond motifs is 7. The molecule has 105 heavy (non-hydrogen) atoms. The smallest absolute Gasteiger partial charge is 0.317 e. The van der Waals surface area contributed by atoms with Gasteiger partial charge in [-0.05, 0) is 105 Å². The molecule has 0 radical (unpaired) electrons. The minimum atomic E-state index is -2.07. The standard InChI is InChI=1S/C69H112O36/c1-24-37(78)43(84)54(103-59-46(87)42(83)40(81)32(18-70)97-59)62(95-24)100-51-31(76)22-93-57(48(51)89)99-50-25(2)96-58(47(88)44(50)85)102-53-39(80)30(75)21-94-61(53)105-63(91)69-14-13-64(3,4)15-27(69)26-9-10-35-65(5)16-28(73)55(66(6,23-72)34(65)11-12-67(35,7)68(26,8)17-36(69)77)104-60-49(90)52(41(82)33(19-71)98-60)101-56-45(86)38(79)29(74)20-92-56/h9,24-25,27-62,70-90H,10-23H2,1-8H3/t24-,25-,27-,28-,29+,30-,31+,32+,33+,34-,35-,36+,37-,38-,39-,40+,41+,42-,43+,44-,45+,46+,47+,48+,49+,50-,51-,52-,53+,54+,55-,56-,57-,58-,59-,60-,61-,62-,65-,66-,67+,68+,69+/m0/s1. The second kappa shape index (κ2) is 31.0. The molecule has 5 aliphatic carbocycles. The van der Waals surface area contributed by atoms with Crippen molar-refractivity contribution in [2.24, 2.45) is 50.2 Å². The molecule has 4 saturated carbocycles. The molecule has 7 aliphatic heterocycles. The van der Waals surface area contributed by atoms with Crippen LogP contribution in [0.25, 0.3) is 0 Å². The molecular formula is C69H112O36. The van der Waals surface area contributed by atoms with Gasteiger partial charge in [-0.1, -0.05) is 53.2 Å². The summed E-state index contributed by atoms with van der Waals surface area (Å²) in [5, 5.41) is 234. The molecular weight excluding hydrogens is 1400 g/mol. The summed E-state index contributed by atoms with van der Waals surface area (Å²) in [5.41, 5.74) is -4.57. The number of aliphatic hydroxyl groups excluding tert-OH is 21. The average Bonchev–Trinajstić information content (AvgIpc) is 0.669. The van der Waals surface area contributed by atoms with Gasteiger partial charge in [-0.3, -0.25) is 4.79 Å². The third-order valence-electron chi connectivity index (χ3n) is 26.6. The van der Waals surface area contributed by atoms with Crippen LogP contribution in [0.4, 0.5) is 0 Å². The van der Waals surface area contributed by atoms with E-state index in [2.05, 4.69) is 40.7 Å². The molecule has 0 bridgehead atoms. The molecule has 0 spiro atoms. The maximum Gasteiger partial charge on any atom is 0.317 e. The lowest BCUT2D eigenvalue weighted by atomic mass is 9.33. The highest BCUT2D eigenvalue weighted by molar-refractivity contribution is 5.80. The van der Waals surface area contributed by atoms with Gasteiger partial charge < -0.3 is 174 Å². The number of esters is 1. The van der Waals surface area contributed by atoms with Gasteiger partial charge in [-0.15, -0.1) is 0 Å². The fourth-order valence-electron chi connectivity index (χ4n) is 20.3. The normalized spacial score (nSPS) is 55.9. The summed E-state index contributed by atoms with van der Waals surface area (Å²) in [6.07, 6.45) is -54.6. The van der Waals surface area contributed by atoms with E-state index < -0.39 is 294 Å². The van der Waals surface area contributed by atoms with E-state index in [9.17, 15) is 107 Å². The summed E-state index contributed by atoms with van der Waals surface area (Å²) >= 11 is 0. The molecule has 36 nitrogen and oxygen atoms in total. The molecule has 604 valence electrons. The van der Waals surface area contributed by atoms with Crippen molar-refractivity contribution in [3.63, 3.8) is 0 Å². The summed E-state index contributed by atoms with van der Waals surface area (Å²) in [4.78, 5) is 15.6. The monoisotopic (exact) mass is 1520 g/mol. The molecule has 36 heteroatoms. The molecule has 0 amide bonds. The predicted octanol–water partition coefficient (Wildman–Crippen LogP) is -7.68. The number of aliphatic hydroxyl groups is 21. The largest absolute Gasteiger partial charge is 0.432 e. The van der Waals surface area contributed by atoms with Crippen LogP contribution in [0.2, 0.25) is 0 Å². The van der Waals surface area contributed by atoms with Gasteiger partial charge in [0.1, 0.15) is 140 Å². The van der Waals surface area contributed by atoms with Crippen molar-refractivity contribution in [3.05, 3.63) is 11.6 Å². The Labute approximate surface area is 605 Å². The topological polar surface area (TPSA) is 571 Å². The van der Waals surface area contributed by atoms with Crippen LogP contribution >= 0.6 is 0 Å². The van der Waals surface area contributed by atoms with Crippen LogP contribution < -0.4 is 0 Å². The number of carbonyl (C=O) groups excluding carboxylic acids is 1. The van der Waals surface area contributed by atoms with E-state index in [0.717, 1.165) is 5.57 Å². The lowest BCUT2D eigenvalue weighted by molar-refractivity contribution is -0.390. The predicted molar refractivity (Wildman–Crippen MR) is 344 cm³/mol. The van der Waals surface area contributed by atoms with Crippen LogP contribution in [0.5, 0.6) is 0 Å². The van der Waals surface area contributed by atoms with Crippen LogP contribution in [0.15, 0.2) is 11.6 Å². The van der Waals surface area contributed by atoms with Crippen molar-refractivity contribution in [1.29, 1.82) is 0 Å².